The third-order valence-corrected chi connectivity index (χ3v) is 7.59. The van der Waals surface area contributed by atoms with Crippen LogP contribution < -0.4 is 5.32 Å². The van der Waals surface area contributed by atoms with Crippen LogP contribution in [0.2, 0.25) is 0 Å². The number of nitro benzene ring substituents is 1. The van der Waals surface area contributed by atoms with Crippen molar-refractivity contribution in [3.8, 4) is 0 Å². The van der Waals surface area contributed by atoms with Crippen molar-refractivity contribution in [3.05, 3.63) is 75.4 Å². The molecule has 1 aromatic carbocycles. The Morgan fingerprint density at radius 3 is 2.69 bits per heavy atom. The van der Waals surface area contributed by atoms with E-state index < -0.39 is 33.8 Å². The summed E-state index contributed by atoms with van der Waals surface area (Å²) in [7, 11) is 1.32. The van der Waals surface area contributed by atoms with Gasteiger partial charge in [-0.05, 0) is 35.4 Å². The molecule has 2 atom stereocenters. The van der Waals surface area contributed by atoms with Gasteiger partial charge in [-0.2, -0.15) is 0 Å². The first-order valence-electron chi connectivity index (χ1n) is 10.3. The molecule has 0 radical (unpaired) electrons. The molecule has 1 fully saturated rings. The summed E-state index contributed by atoms with van der Waals surface area (Å²) in [6.45, 7) is -0.134. The van der Waals surface area contributed by atoms with E-state index in [0.29, 0.717) is 28.0 Å². The Morgan fingerprint density at radius 1 is 1.34 bits per heavy atom. The predicted octanol–water partition coefficient (Wildman–Crippen LogP) is 2.50. The van der Waals surface area contributed by atoms with Crippen molar-refractivity contribution in [1.29, 1.82) is 0 Å². The van der Waals surface area contributed by atoms with Crippen molar-refractivity contribution < 1.29 is 33.2 Å². The summed E-state index contributed by atoms with van der Waals surface area (Å²) in [5.41, 5.74) is -0.410. The number of nitrogens with zero attached hydrogens (tertiary/aromatic N) is 2. The Hall–Kier alpha value is -3.16. The number of fused-ring (bicyclic) bond motifs is 1. The molecule has 2 aliphatic heterocycles. The highest BCUT2D eigenvalue weighted by Crippen LogP contribution is 2.47. The second-order valence-corrected chi connectivity index (χ2v) is 9.30. The van der Waals surface area contributed by atoms with Crippen LogP contribution >= 0.6 is 27.7 Å². The summed E-state index contributed by atoms with van der Waals surface area (Å²) < 4.78 is 16.1. The van der Waals surface area contributed by atoms with Crippen LogP contribution in [0.3, 0.4) is 0 Å². The fraction of sp³-hybridized carbons (Fsp3) is 0.318. The van der Waals surface area contributed by atoms with Gasteiger partial charge in [0.1, 0.15) is 23.4 Å². The van der Waals surface area contributed by atoms with Crippen molar-refractivity contribution >= 4 is 51.2 Å². The van der Waals surface area contributed by atoms with E-state index in [1.807, 2.05) is 0 Å². The number of alkyl halides is 1. The number of carbonyl (C=O) groups excluding carboxylic acids is 3. The maximum absolute atomic E-state index is 13.3. The van der Waals surface area contributed by atoms with Gasteiger partial charge in [0.15, 0.2) is 0 Å². The number of hydrogen-bond donors (Lipinski definition) is 1. The number of rotatable bonds is 9. The molecule has 184 valence electrons. The van der Waals surface area contributed by atoms with Gasteiger partial charge in [0.05, 0.1) is 17.6 Å². The number of β-lactam (4-membered cyclic amide) rings is 1. The van der Waals surface area contributed by atoms with Crippen LogP contribution in [0.5, 0.6) is 0 Å². The Bertz CT molecular complexity index is 1180. The average Bonchev–Trinajstić information content (AvgIpc) is 3.37. The lowest BCUT2D eigenvalue weighted by Crippen LogP contribution is -2.80. The summed E-state index contributed by atoms with van der Waals surface area (Å²) in [5.74, 6) is -0.937. The highest BCUT2D eigenvalue weighted by Gasteiger charge is 2.66. The van der Waals surface area contributed by atoms with Gasteiger partial charge in [0.25, 0.3) is 17.3 Å². The molecule has 2 aliphatic rings. The molecule has 1 saturated heterocycles. The van der Waals surface area contributed by atoms with Crippen molar-refractivity contribution in [2.75, 3.05) is 18.2 Å². The lowest BCUT2D eigenvalue weighted by Gasteiger charge is -2.55. The minimum absolute atomic E-state index is 0.0740. The molecule has 0 bridgehead atoms. The van der Waals surface area contributed by atoms with Crippen LogP contribution in [0.25, 0.3) is 0 Å². The third kappa shape index (κ3) is 4.70. The number of nitro groups is 1. The fourth-order valence-corrected chi connectivity index (χ4v) is 5.95. The first-order valence-corrected chi connectivity index (χ1v) is 12.5. The molecule has 0 aliphatic carbocycles. The molecular formula is C22H20BrN3O8S. The zero-order valence-corrected chi connectivity index (χ0v) is 20.8. The smallest absolute Gasteiger partial charge is 0.355 e. The third-order valence-electron chi connectivity index (χ3n) is 5.54. The van der Waals surface area contributed by atoms with Crippen LogP contribution in [-0.2, 0) is 36.9 Å². The van der Waals surface area contributed by atoms with Gasteiger partial charge in [-0.3, -0.25) is 24.6 Å². The lowest BCUT2D eigenvalue weighted by atomic mass is 9.98. The summed E-state index contributed by atoms with van der Waals surface area (Å²) in [6.07, 6.45) is 1.37. The van der Waals surface area contributed by atoms with Crippen molar-refractivity contribution in [1.82, 2.24) is 10.2 Å². The van der Waals surface area contributed by atoms with Gasteiger partial charge in [0, 0.05) is 30.3 Å². The zero-order valence-electron chi connectivity index (χ0n) is 18.4. The van der Waals surface area contributed by atoms with Gasteiger partial charge in [0.2, 0.25) is 5.91 Å². The highest BCUT2D eigenvalue weighted by molar-refractivity contribution is 9.09. The predicted molar refractivity (Wildman–Crippen MR) is 127 cm³/mol. The first-order chi connectivity index (χ1) is 16.8. The van der Waals surface area contributed by atoms with E-state index in [1.54, 1.807) is 12.1 Å². The molecule has 3 heterocycles. The Labute approximate surface area is 212 Å². The molecule has 1 aromatic heterocycles. The number of furan rings is 1. The minimum atomic E-state index is -1.63. The van der Waals surface area contributed by atoms with Crippen molar-refractivity contribution in [2.24, 2.45) is 0 Å². The van der Waals surface area contributed by atoms with E-state index in [1.165, 1.54) is 54.3 Å². The van der Waals surface area contributed by atoms with E-state index in [0.717, 1.165) is 0 Å². The quantitative estimate of drug-likeness (QED) is 0.121. The molecule has 0 saturated carbocycles. The number of hydrogen-bond acceptors (Lipinski definition) is 9. The van der Waals surface area contributed by atoms with Crippen LogP contribution in [0.1, 0.15) is 11.3 Å². The van der Waals surface area contributed by atoms with E-state index in [9.17, 15) is 24.5 Å². The number of esters is 1. The minimum Gasteiger partial charge on any atom is -0.469 e. The van der Waals surface area contributed by atoms with Crippen LogP contribution in [-0.4, -0.2) is 56.9 Å². The fourth-order valence-electron chi connectivity index (χ4n) is 3.79. The maximum atomic E-state index is 13.3. The van der Waals surface area contributed by atoms with Gasteiger partial charge in [-0.15, -0.1) is 11.8 Å². The number of halogens is 1. The number of benzene rings is 1. The number of nitrogens with one attached hydrogen (secondary N) is 1. The van der Waals surface area contributed by atoms with E-state index >= 15 is 0 Å². The van der Waals surface area contributed by atoms with Crippen LogP contribution in [0, 0.1) is 10.1 Å². The van der Waals surface area contributed by atoms with Crippen molar-refractivity contribution in [3.63, 3.8) is 0 Å². The Morgan fingerprint density at radius 2 is 2.09 bits per heavy atom. The molecule has 2 aromatic rings. The number of carbonyl (C=O) groups is 3. The first kappa shape index (κ1) is 24.9. The van der Waals surface area contributed by atoms with Crippen molar-refractivity contribution in [2.45, 2.75) is 24.1 Å². The number of thioether (sulfide) groups is 1. The normalized spacial score (nSPS) is 21.3. The lowest BCUT2D eigenvalue weighted by molar-refractivity contribution is -0.384. The van der Waals surface area contributed by atoms with Crippen LogP contribution in [0.15, 0.2) is 58.3 Å². The number of amides is 2. The van der Waals surface area contributed by atoms with Gasteiger partial charge in [-0.25, -0.2) is 4.79 Å². The number of methoxy groups -OCH3 is 1. The summed E-state index contributed by atoms with van der Waals surface area (Å²) in [5, 5.41) is 13.1. The zero-order chi connectivity index (χ0) is 25.2. The number of non-ortho nitro benzene ring substituents is 1. The van der Waals surface area contributed by atoms with Gasteiger partial charge in [-0.1, -0.05) is 15.9 Å². The van der Waals surface area contributed by atoms with Gasteiger partial charge >= 0.3 is 5.97 Å². The molecule has 13 heteroatoms. The molecule has 1 N–H and O–H groups in total. The topological polar surface area (TPSA) is 141 Å². The van der Waals surface area contributed by atoms with E-state index in [4.69, 9.17) is 13.9 Å². The molecule has 4 rings (SSSR count). The second-order valence-electron chi connectivity index (χ2n) is 7.67. The molecular weight excluding hydrogens is 546 g/mol. The Kier molecular flexibility index (Phi) is 7.28. The van der Waals surface area contributed by atoms with Gasteiger partial charge < -0.3 is 19.2 Å². The van der Waals surface area contributed by atoms with Crippen LogP contribution in [0.4, 0.5) is 5.69 Å². The molecule has 1 unspecified atom stereocenters. The second kappa shape index (κ2) is 10.2. The summed E-state index contributed by atoms with van der Waals surface area (Å²) in [6, 6.07) is 8.92. The summed E-state index contributed by atoms with van der Waals surface area (Å²) >= 11 is 4.71. The Balaban J connectivity index is 1.48. The highest BCUT2D eigenvalue weighted by atomic mass is 79.9. The number of ether oxygens (including phenoxy) is 2. The molecule has 35 heavy (non-hydrogen) atoms. The largest absolute Gasteiger partial charge is 0.469 e. The maximum Gasteiger partial charge on any atom is 0.355 e. The van der Waals surface area contributed by atoms with E-state index in [-0.39, 0.29) is 24.4 Å². The standard InChI is InChI=1S/C22H20BrN3O8S/c1-32-22(24-17(27)9-16-3-2-8-33-16)20(29)25-18(14(10-23)12-35-21(22)25)19(28)34-11-13-4-6-15(7-5-13)26(30)31/h2-8,21H,9-12H2,1H3,(H,24,27)/t21-,22?/m0/s1. The summed E-state index contributed by atoms with van der Waals surface area (Å²) in [4.78, 5) is 50.4. The monoisotopic (exact) mass is 565 g/mol. The SMILES string of the molecule is COC1(NC(=O)Cc2ccco2)C(=O)N2C(C(=O)OCc3ccc([N+](=O)[O-])cc3)=C(CBr)CS[C@H]21. The average molecular weight is 566 g/mol. The molecule has 2 amide bonds. The van der Waals surface area contributed by atoms with E-state index in [2.05, 4.69) is 21.2 Å². The molecule has 0 spiro atoms. The molecule has 11 nitrogen and oxygen atoms in total.